The van der Waals surface area contributed by atoms with Gasteiger partial charge in [0.25, 0.3) is 0 Å². The fraction of sp³-hybridized carbons (Fsp3) is 0.538. The van der Waals surface area contributed by atoms with Crippen LogP contribution in [0.25, 0.3) is 0 Å². The third-order valence-corrected chi connectivity index (χ3v) is 4.51. The Morgan fingerprint density at radius 3 is 2.60 bits per heavy atom. The van der Waals surface area contributed by atoms with Gasteiger partial charge in [-0.1, -0.05) is 6.92 Å². The molecule has 0 fully saturated rings. The summed E-state index contributed by atoms with van der Waals surface area (Å²) in [7, 11) is -2.40. The number of hydrogen-bond donors (Lipinski definition) is 2. The third kappa shape index (κ3) is 3.91. The lowest BCUT2D eigenvalue weighted by Crippen LogP contribution is -2.39. The summed E-state index contributed by atoms with van der Waals surface area (Å²) >= 11 is 0. The van der Waals surface area contributed by atoms with Crippen molar-refractivity contribution in [1.29, 1.82) is 0 Å². The van der Waals surface area contributed by atoms with Crippen LogP contribution in [0.2, 0.25) is 0 Å². The molecular weight excluding hydrogens is 283 g/mol. The van der Waals surface area contributed by atoms with Crippen LogP contribution in [-0.2, 0) is 10.0 Å². The van der Waals surface area contributed by atoms with Gasteiger partial charge < -0.3 is 10.1 Å². The van der Waals surface area contributed by atoms with E-state index in [4.69, 9.17) is 4.74 Å². The Hall–Kier alpha value is -1.18. The molecule has 1 rings (SSSR count). The van der Waals surface area contributed by atoms with E-state index in [-0.39, 0.29) is 28.8 Å². The molecule has 0 amide bonds. The molecule has 20 heavy (non-hydrogen) atoms. The second kappa shape index (κ2) is 7.01. The lowest BCUT2D eigenvalue weighted by atomic mass is 10.2. The molecular formula is C13H21FN2O3S. The van der Waals surface area contributed by atoms with E-state index < -0.39 is 15.8 Å². The van der Waals surface area contributed by atoms with Gasteiger partial charge in [-0.25, -0.2) is 17.5 Å². The minimum Gasteiger partial charge on any atom is -0.494 e. The van der Waals surface area contributed by atoms with Gasteiger partial charge >= 0.3 is 0 Å². The highest BCUT2D eigenvalue weighted by Gasteiger charge is 2.21. The van der Waals surface area contributed by atoms with Gasteiger partial charge in [0.2, 0.25) is 10.0 Å². The molecule has 1 aromatic carbocycles. The summed E-state index contributed by atoms with van der Waals surface area (Å²) < 4.78 is 45.5. The molecule has 0 heterocycles. The quantitative estimate of drug-likeness (QED) is 0.799. The number of nitrogens with one attached hydrogen (secondary N) is 2. The predicted molar refractivity (Wildman–Crippen MR) is 76.0 cm³/mol. The third-order valence-electron chi connectivity index (χ3n) is 2.94. The van der Waals surface area contributed by atoms with Crippen molar-refractivity contribution >= 4 is 10.0 Å². The van der Waals surface area contributed by atoms with Crippen molar-refractivity contribution in [3.8, 4) is 5.75 Å². The summed E-state index contributed by atoms with van der Waals surface area (Å²) in [5.41, 5.74) is 0.0490. The van der Waals surface area contributed by atoms with Gasteiger partial charge in [0.05, 0.1) is 12.0 Å². The van der Waals surface area contributed by atoms with Crippen LogP contribution in [0.3, 0.4) is 0 Å². The molecule has 0 bridgehead atoms. The zero-order chi connectivity index (χ0) is 15.3. The zero-order valence-corrected chi connectivity index (χ0v) is 13.0. The first kappa shape index (κ1) is 16.9. The van der Waals surface area contributed by atoms with Crippen LogP contribution in [0.4, 0.5) is 4.39 Å². The topological polar surface area (TPSA) is 67.4 Å². The number of halogens is 1. The van der Waals surface area contributed by atoms with E-state index >= 15 is 0 Å². The fourth-order valence-corrected chi connectivity index (χ4v) is 3.19. The van der Waals surface area contributed by atoms with Crippen LogP contribution in [0.1, 0.15) is 19.4 Å². The number of sulfonamides is 1. The molecule has 0 saturated carbocycles. The number of benzene rings is 1. The molecule has 0 unspecified atom stereocenters. The van der Waals surface area contributed by atoms with Crippen molar-refractivity contribution in [2.75, 3.05) is 20.2 Å². The predicted octanol–water partition coefficient (Wildman–Crippen LogP) is 1.42. The highest BCUT2D eigenvalue weighted by molar-refractivity contribution is 7.89. The number of hydrogen-bond acceptors (Lipinski definition) is 4. The molecule has 2 N–H and O–H groups in total. The Balaban J connectivity index is 2.96. The van der Waals surface area contributed by atoms with E-state index in [0.717, 1.165) is 6.54 Å². The van der Waals surface area contributed by atoms with Gasteiger partial charge in [0.15, 0.2) is 11.6 Å². The van der Waals surface area contributed by atoms with Crippen molar-refractivity contribution in [3.05, 3.63) is 23.5 Å². The molecule has 0 aliphatic rings. The molecule has 5 nitrogen and oxygen atoms in total. The van der Waals surface area contributed by atoms with Crippen LogP contribution < -0.4 is 14.8 Å². The second-order valence-electron chi connectivity index (χ2n) is 4.52. The maximum absolute atomic E-state index is 13.9. The zero-order valence-electron chi connectivity index (χ0n) is 12.2. The van der Waals surface area contributed by atoms with Crippen LogP contribution >= 0.6 is 0 Å². The molecule has 7 heteroatoms. The first-order valence-electron chi connectivity index (χ1n) is 6.39. The summed E-state index contributed by atoms with van der Waals surface area (Å²) in [4.78, 5) is -0.0699. The van der Waals surface area contributed by atoms with Crippen molar-refractivity contribution in [1.82, 2.24) is 10.0 Å². The standard InChI is InChI=1S/C13H21FN2O3S/c1-5-15-9(2)8-16-20(17,18)12-7-6-11(19-4)13(14)10(12)3/h6-7,9,15-16H,5,8H2,1-4H3/t9-/m1/s1. The molecule has 0 aliphatic carbocycles. The number of rotatable bonds is 7. The summed E-state index contributed by atoms with van der Waals surface area (Å²) in [6.07, 6.45) is 0. The van der Waals surface area contributed by atoms with Crippen LogP contribution in [0.15, 0.2) is 17.0 Å². The molecule has 0 spiro atoms. The van der Waals surface area contributed by atoms with Crippen molar-refractivity contribution in [3.63, 3.8) is 0 Å². The lowest BCUT2D eigenvalue weighted by molar-refractivity contribution is 0.384. The number of methoxy groups -OCH3 is 1. The smallest absolute Gasteiger partial charge is 0.240 e. The number of ether oxygens (including phenoxy) is 1. The van der Waals surface area contributed by atoms with Crippen molar-refractivity contribution in [2.45, 2.75) is 31.7 Å². The normalized spacial score (nSPS) is 13.2. The second-order valence-corrected chi connectivity index (χ2v) is 6.25. The van der Waals surface area contributed by atoms with E-state index in [1.54, 1.807) is 0 Å². The van der Waals surface area contributed by atoms with Gasteiger partial charge in [-0.2, -0.15) is 0 Å². The summed E-state index contributed by atoms with van der Waals surface area (Å²) in [6, 6.07) is 2.65. The minimum absolute atomic E-state index is 0.00169. The van der Waals surface area contributed by atoms with Gasteiger partial charge in [0.1, 0.15) is 0 Å². The van der Waals surface area contributed by atoms with Crippen molar-refractivity contribution < 1.29 is 17.5 Å². The average molecular weight is 304 g/mol. The SMILES string of the molecule is CCN[C@H](C)CNS(=O)(=O)c1ccc(OC)c(F)c1C. The van der Waals surface area contributed by atoms with Crippen molar-refractivity contribution in [2.24, 2.45) is 0 Å². The Bertz CT molecular complexity index is 561. The average Bonchev–Trinajstić information content (AvgIpc) is 2.40. The maximum Gasteiger partial charge on any atom is 0.240 e. The molecule has 0 aromatic heterocycles. The fourth-order valence-electron chi connectivity index (χ4n) is 1.82. The highest BCUT2D eigenvalue weighted by Crippen LogP contribution is 2.25. The monoisotopic (exact) mass is 304 g/mol. The lowest BCUT2D eigenvalue weighted by Gasteiger charge is -2.15. The Kier molecular flexibility index (Phi) is 5.91. The van der Waals surface area contributed by atoms with Gasteiger partial charge in [-0.3, -0.25) is 0 Å². The van der Waals surface area contributed by atoms with Crippen LogP contribution in [-0.4, -0.2) is 34.7 Å². The van der Waals surface area contributed by atoms with Gasteiger partial charge in [0, 0.05) is 18.2 Å². The molecule has 0 saturated heterocycles. The van der Waals surface area contributed by atoms with E-state index in [2.05, 4.69) is 10.0 Å². The Labute approximate surface area is 119 Å². The van der Waals surface area contributed by atoms with Crippen LogP contribution in [0.5, 0.6) is 5.75 Å². The summed E-state index contributed by atoms with van der Waals surface area (Å²) in [6.45, 7) is 6.21. The highest BCUT2D eigenvalue weighted by atomic mass is 32.2. The molecule has 0 radical (unpaired) electrons. The minimum atomic E-state index is -3.74. The van der Waals surface area contributed by atoms with Gasteiger partial charge in [-0.15, -0.1) is 0 Å². The summed E-state index contributed by atoms with van der Waals surface area (Å²) in [5.74, 6) is -0.627. The maximum atomic E-state index is 13.9. The molecule has 0 aliphatic heterocycles. The Morgan fingerprint density at radius 1 is 1.40 bits per heavy atom. The largest absolute Gasteiger partial charge is 0.494 e. The molecule has 1 atom stereocenters. The molecule has 114 valence electrons. The van der Waals surface area contributed by atoms with E-state index in [1.807, 2.05) is 13.8 Å². The first-order valence-corrected chi connectivity index (χ1v) is 7.88. The first-order chi connectivity index (χ1) is 9.33. The number of likely N-dealkylation sites (N-methyl/N-ethyl adjacent to an activating group) is 1. The van der Waals surface area contributed by atoms with E-state index in [0.29, 0.717) is 0 Å². The van der Waals surface area contributed by atoms with E-state index in [1.165, 1.54) is 26.2 Å². The molecule has 1 aromatic rings. The van der Waals surface area contributed by atoms with Crippen LogP contribution in [0, 0.1) is 12.7 Å². The van der Waals surface area contributed by atoms with E-state index in [9.17, 15) is 12.8 Å². The van der Waals surface area contributed by atoms with Gasteiger partial charge in [-0.05, 0) is 32.5 Å². The summed E-state index contributed by atoms with van der Waals surface area (Å²) in [5, 5.41) is 3.09. The Morgan fingerprint density at radius 2 is 2.05 bits per heavy atom.